The molecule has 12 nitrogen and oxygen atoms in total. The van der Waals surface area contributed by atoms with Crippen LogP contribution in [0.25, 0.3) is 0 Å². The summed E-state index contributed by atoms with van der Waals surface area (Å²) in [7, 11) is 0. The molecule has 3 rings (SSSR count). The molecule has 0 fully saturated rings. The van der Waals surface area contributed by atoms with Gasteiger partial charge in [0.2, 0.25) is 0 Å². The van der Waals surface area contributed by atoms with Crippen LogP contribution in [0.2, 0.25) is 0 Å². The number of rotatable bonds is 12. The first-order valence-corrected chi connectivity index (χ1v) is 13.8. The van der Waals surface area contributed by atoms with Crippen LogP contribution in [0, 0.1) is 24.0 Å². The lowest BCUT2D eigenvalue weighted by Crippen LogP contribution is -2.43. The first-order valence-electron chi connectivity index (χ1n) is 13.8. The van der Waals surface area contributed by atoms with E-state index in [4.69, 9.17) is 19.9 Å². The van der Waals surface area contributed by atoms with E-state index in [1.54, 1.807) is 0 Å². The molecule has 42 heavy (non-hydrogen) atoms. The molecule has 1 aliphatic rings. The number of nitrogens with two attached hydrogens (primary N) is 1. The van der Waals surface area contributed by atoms with Crippen LogP contribution in [0.1, 0.15) is 55.9 Å². The number of anilines is 1. The van der Waals surface area contributed by atoms with E-state index in [2.05, 4.69) is 43.0 Å². The Hall–Kier alpha value is -4.61. The molecular formula is C30H39N5O7. The predicted molar refractivity (Wildman–Crippen MR) is 160 cm³/mol. The van der Waals surface area contributed by atoms with Crippen LogP contribution in [0.5, 0.6) is 11.5 Å². The van der Waals surface area contributed by atoms with Crippen LogP contribution in [0.3, 0.4) is 0 Å². The Morgan fingerprint density at radius 1 is 1.26 bits per heavy atom. The number of carbonyl (C=O) groups excluding carboxylic acids is 2. The number of hydrogen-bond acceptors (Lipinski definition) is 8. The number of benzene rings is 2. The average molecular weight is 582 g/mol. The number of esters is 1. The standard InChI is InChI=1S/C30H39N5O7/c1-7-16-40-27(36)24(33-29(37)41-21-13-11-20(12-14-21)35(38)39)10-9-15-32-28(31)34-25-18(3)19(4)26-23(22(25)8-2)17-30(5,6)42-26/h7,11-14,24H,1,8-10,15-17H2,2-6H3,(H,33,37)(H3,31,32,34)/t24-/m0/s1. The van der Waals surface area contributed by atoms with Gasteiger partial charge in [0.1, 0.15) is 29.7 Å². The van der Waals surface area contributed by atoms with Crippen molar-refractivity contribution in [3.05, 3.63) is 69.3 Å². The number of guanidine groups is 1. The number of hydrogen-bond donors (Lipinski definition) is 3. The van der Waals surface area contributed by atoms with Crippen LogP contribution in [0.4, 0.5) is 16.2 Å². The maximum atomic E-state index is 12.6. The Morgan fingerprint density at radius 2 is 1.95 bits per heavy atom. The van der Waals surface area contributed by atoms with E-state index in [0.29, 0.717) is 6.42 Å². The molecule has 1 aliphatic heterocycles. The van der Waals surface area contributed by atoms with E-state index >= 15 is 0 Å². The molecule has 0 unspecified atom stereocenters. The maximum absolute atomic E-state index is 12.6. The molecule has 0 aromatic heterocycles. The Kier molecular flexibility index (Phi) is 10.5. The molecule has 226 valence electrons. The Labute approximate surface area is 245 Å². The quantitative estimate of drug-likeness (QED) is 0.0602. The SMILES string of the molecule is C=CCOC(=O)[C@H](CCCN=C(N)Nc1c(C)c(C)c2c(c1CC)CC(C)(C)O2)NC(=O)Oc1ccc([N+](=O)[O-])cc1. The number of aliphatic imine (C=N–C) groups is 1. The highest BCUT2D eigenvalue weighted by molar-refractivity contribution is 5.94. The van der Waals surface area contributed by atoms with E-state index in [-0.39, 0.29) is 42.6 Å². The van der Waals surface area contributed by atoms with E-state index < -0.39 is 23.0 Å². The molecule has 2 aromatic rings. The Morgan fingerprint density at radius 3 is 2.57 bits per heavy atom. The number of nitrogens with zero attached hydrogens (tertiary/aromatic N) is 2. The van der Waals surface area contributed by atoms with Crippen molar-refractivity contribution in [3.8, 4) is 11.5 Å². The fraction of sp³-hybridized carbons (Fsp3) is 0.433. The maximum Gasteiger partial charge on any atom is 0.413 e. The highest BCUT2D eigenvalue weighted by Crippen LogP contribution is 2.44. The monoisotopic (exact) mass is 581 g/mol. The van der Waals surface area contributed by atoms with Crippen molar-refractivity contribution in [2.24, 2.45) is 10.7 Å². The fourth-order valence-corrected chi connectivity index (χ4v) is 4.79. The smallest absolute Gasteiger partial charge is 0.413 e. The topological polar surface area (TPSA) is 167 Å². The summed E-state index contributed by atoms with van der Waals surface area (Å²) in [5.41, 5.74) is 11.2. The van der Waals surface area contributed by atoms with Crippen molar-refractivity contribution in [1.29, 1.82) is 0 Å². The van der Waals surface area contributed by atoms with Crippen molar-refractivity contribution >= 4 is 29.4 Å². The van der Waals surface area contributed by atoms with Crippen LogP contribution >= 0.6 is 0 Å². The summed E-state index contributed by atoms with van der Waals surface area (Å²) in [6, 6.07) is 3.97. The van der Waals surface area contributed by atoms with Crippen LogP contribution in [-0.2, 0) is 22.4 Å². The highest BCUT2D eigenvalue weighted by atomic mass is 16.6. The number of ether oxygens (including phenoxy) is 3. The molecule has 12 heteroatoms. The molecule has 1 amide bonds. The third-order valence-corrected chi connectivity index (χ3v) is 6.92. The van der Waals surface area contributed by atoms with Gasteiger partial charge in [0.15, 0.2) is 5.96 Å². The van der Waals surface area contributed by atoms with E-state index in [9.17, 15) is 19.7 Å². The summed E-state index contributed by atoms with van der Waals surface area (Å²) in [6.07, 6.45) is 2.72. The minimum atomic E-state index is -1.02. The molecule has 0 bridgehead atoms. The van der Waals surface area contributed by atoms with Gasteiger partial charge >= 0.3 is 12.1 Å². The third-order valence-electron chi connectivity index (χ3n) is 6.92. The van der Waals surface area contributed by atoms with Gasteiger partial charge in [-0.3, -0.25) is 15.1 Å². The second-order valence-corrected chi connectivity index (χ2v) is 10.6. The number of nitro benzene ring substituents is 1. The zero-order valence-electron chi connectivity index (χ0n) is 24.7. The number of amides is 1. The molecular weight excluding hydrogens is 542 g/mol. The molecule has 1 heterocycles. The van der Waals surface area contributed by atoms with Gasteiger partial charge in [-0.05, 0) is 75.8 Å². The van der Waals surface area contributed by atoms with Gasteiger partial charge in [-0.25, -0.2) is 9.59 Å². The first-order chi connectivity index (χ1) is 19.9. The van der Waals surface area contributed by atoms with Gasteiger partial charge in [-0.15, -0.1) is 0 Å². The number of nitro groups is 1. The summed E-state index contributed by atoms with van der Waals surface area (Å²) in [5, 5.41) is 16.6. The molecule has 0 saturated heterocycles. The number of non-ortho nitro benzene ring substituents is 1. The molecule has 0 aliphatic carbocycles. The van der Waals surface area contributed by atoms with Crippen molar-refractivity contribution in [3.63, 3.8) is 0 Å². The second kappa shape index (κ2) is 13.8. The molecule has 2 aromatic carbocycles. The zero-order chi connectivity index (χ0) is 31.0. The summed E-state index contributed by atoms with van der Waals surface area (Å²) in [6.45, 7) is 14.1. The van der Waals surface area contributed by atoms with Crippen molar-refractivity contribution in [2.45, 2.75) is 71.9 Å². The Balaban J connectivity index is 1.63. The number of carbonyl (C=O) groups is 2. The minimum absolute atomic E-state index is 0.0229. The lowest BCUT2D eigenvalue weighted by Gasteiger charge is -2.20. The second-order valence-electron chi connectivity index (χ2n) is 10.6. The largest absolute Gasteiger partial charge is 0.487 e. The summed E-state index contributed by atoms with van der Waals surface area (Å²) in [4.78, 5) is 39.7. The van der Waals surface area contributed by atoms with E-state index in [0.717, 1.165) is 41.0 Å². The van der Waals surface area contributed by atoms with E-state index in [1.807, 2.05) is 13.8 Å². The van der Waals surface area contributed by atoms with Gasteiger partial charge in [-0.1, -0.05) is 19.6 Å². The molecule has 0 saturated carbocycles. The van der Waals surface area contributed by atoms with Crippen molar-refractivity contribution in [1.82, 2.24) is 5.32 Å². The van der Waals surface area contributed by atoms with Gasteiger partial charge in [0, 0.05) is 36.3 Å². The van der Waals surface area contributed by atoms with Crippen LogP contribution in [0.15, 0.2) is 41.9 Å². The van der Waals surface area contributed by atoms with Gasteiger partial charge in [0.25, 0.3) is 5.69 Å². The van der Waals surface area contributed by atoms with Crippen LogP contribution < -0.4 is 25.8 Å². The summed E-state index contributed by atoms with van der Waals surface area (Å²) < 4.78 is 16.5. The molecule has 0 spiro atoms. The molecule has 0 radical (unpaired) electrons. The zero-order valence-corrected chi connectivity index (χ0v) is 24.7. The first kappa shape index (κ1) is 31.9. The third kappa shape index (κ3) is 7.99. The summed E-state index contributed by atoms with van der Waals surface area (Å²) >= 11 is 0. The van der Waals surface area contributed by atoms with E-state index in [1.165, 1.54) is 35.9 Å². The normalized spacial score (nSPS) is 14.3. The van der Waals surface area contributed by atoms with Gasteiger partial charge < -0.3 is 30.6 Å². The fourth-order valence-electron chi connectivity index (χ4n) is 4.79. The number of nitrogens with one attached hydrogen (secondary N) is 2. The number of fused-ring (bicyclic) bond motifs is 1. The highest BCUT2D eigenvalue weighted by Gasteiger charge is 2.35. The lowest BCUT2D eigenvalue weighted by atomic mass is 9.90. The average Bonchev–Trinajstić information content (AvgIpc) is 3.27. The van der Waals surface area contributed by atoms with Crippen LogP contribution in [-0.4, -0.2) is 47.7 Å². The van der Waals surface area contributed by atoms with Crippen molar-refractivity contribution < 1.29 is 28.7 Å². The minimum Gasteiger partial charge on any atom is -0.487 e. The predicted octanol–water partition coefficient (Wildman–Crippen LogP) is 4.88. The molecule has 1 atom stereocenters. The van der Waals surface area contributed by atoms with Gasteiger partial charge in [0.05, 0.1) is 4.92 Å². The summed E-state index contributed by atoms with van der Waals surface area (Å²) in [5.74, 6) is 0.608. The van der Waals surface area contributed by atoms with Gasteiger partial charge in [-0.2, -0.15) is 0 Å². The van der Waals surface area contributed by atoms with Crippen molar-refractivity contribution in [2.75, 3.05) is 18.5 Å². The Bertz CT molecular complexity index is 1370. The lowest BCUT2D eigenvalue weighted by molar-refractivity contribution is -0.384. The molecule has 4 N–H and O–H groups in total.